The highest BCUT2D eigenvalue weighted by atomic mass is 32.1. The summed E-state index contributed by atoms with van der Waals surface area (Å²) in [6, 6.07) is 20.1. The molecule has 0 atom stereocenters. The lowest BCUT2D eigenvalue weighted by Crippen LogP contribution is -2.13. The Bertz CT molecular complexity index is 1100. The summed E-state index contributed by atoms with van der Waals surface area (Å²) in [5, 5.41) is 9.77. The van der Waals surface area contributed by atoms with Crippen LogP contribution in [-0.4, -0.2) is 15.7 Å². The molecule has 0 saturated heterocycles. The Morgan fingerprint density at radius 2 is 1.89 bits per heavy atom. The average molecular weight is 388 g/mol. The number of hydrogen-bond donors (Lipinski definition) is 1. The van der Waals surface area contributed by atoms with Gasteiger partial charge in [-0.2, -0.15) is 5.10 Å². The number of rotatable bonds is 5. The lowest BCUT2D eigenvalue weighted by Gasteiger charge is -2.09. The molecule has 0 aliphatic carbocycles. The summed E-state index contributed by atoms with van der Waals surface area (Å²) in [6.45, 7) is 4.63. The van der Waals surface area contributed by atoms with E-state index in [0.717, 1.165) is 27.3 Å². The maximum atomic E-state index is 13.1. The van der Waals surface area contributed by atoms with Crippen LogP contribution in [0.5, 0.6) is 0 Å². The second-order valence-electron chi connectivity index (χ2n) is 6.82. The molecule has 0 saturated carbocycles. The van der Waals surface area contributed by atoms with Crippen molar-refractivity contribution in [2.75, 3.05) is 5.32 Å². The standard InChI is InChI=1S/C23H21N3OS/c1-16-10-11-17(2)20(13-16)24-23(27)19-15-26(14-18-7-4-3-5-8-18)25-22(19)21-9-6-12-28-21/h3-13,15H,14H2,1-2H3,(H,24,27). The van der Waals surface area contributed by atoms with Gasteiger partial charge in [0.2, 0.25) is 0 Å². The van der Waals surface area contributed by atoms with Gasteiger partial charge in [-0.1, -0.05) is 48.5 Å². The zero-order valence-corrected chi connectivity index (χ0v) is 16.7. The summed E-state index contributed by atoms with van der Waals surface area (Å²) in [5.74, 6) is -0.142. The zero-order valence-electron chi connectivity index (χ0n) is 15.8. The van der Waals surface area contributed by atoms with E-state index in [2.05, 4.69) is 17.4 Å². The third kappa shape index (κ3) is 3.89. The Morgan fingerprint density at radius 3 is 2.64 bits per heavy atom. The molecule has 4 nitrogen and oxygen atoms in total. The van der Waals surface area contributed by atoms with Gasteiger partial charge in [-0.05, 0) is 48.1 Å². The van der Waals surface area contributed by atoms with E-state index in [9.17, 15) is 4.79 Å². The summed E-state index contributed by atoms with van der Waals surface area (Å²) in [4.78, 5) is 14.1. The largest absolute Gasteiger partial charge is 0.322 e. The van der Waals surface area contributed by atoms with Crippen LogP contribution >= 0.6 is 11.3 Å². The van der Waals surface area contributed by atoms with Crippen LogP contribution in [0.4, 0.5) is 5.69 Å². The number of anilines is 1. The first-order valence-electron chi connectivity index (χ1n) is 9.14. The molecule has 0 spiro atoms. The number of thiophene rings is 1. The Labute approximate surface area is 168 Å². The summed E-state index contributed by atoms with van der Waals surface area (Å²) >= 11 is 1.58. The van der Waals surface area contributed by atoms with Crippen molar-refractivity contribution in [3.63, 3.8) is 0 Å². The molecular weight excluding hydrogens is 366 g/mol. The number of amides is 1. The van der Waals surface area contributed by atoms with E-state index in [1.54, 1.807) is 11.3 Å². The maximum Gasteiger partial charge on any atom is 0.259 e. The van der Waals surface area contributed by atoms with Crippen LogP contribution in [-0.2, 0) is 6.54 Å². The van der Waals surface area contributed by atoms with E-state index in [1.807, 2.05) is 78.6 Å². The monoisotopic (exact) mass is 387 g/mol. The molecular formula is C23H21N3OS. The molecule has 0 unspecified atom stereocenters. The number of carbonyl (C=O) groups is 1. The molecule has 2 heterocycles. The van der Waals surface area contributed by atoms with Gasteiger partial charge in [0.25, 0.3) is 5.91 Å². The van der Waals surface area contributed by atoms with Crippen molar-refractivity contribution in [2.45, 2.75) is 20.4 Å². The molecule has 0 aliphatic heterocycles. The molecule has 2 aromatic heterocycles. The van der Waals surface area contributed by atoms with E-state index in [0.29, 0.717) is 17.8 Å². The molecule has 4 aromatic rings. The van der Waals surface area contributed by atoms with Crippen molar-refractivity contribution in [1.29, 1.82) is 0 Å². The Kier molecular flexibility index (Phi) is 5.08. The van der Waals surface area contributed by atoms with Gasteiger partial charge >= 0.3 is 0 Å². The highest BCUT2D eigenvalue weighted by Gasteiger charge is 2.19. The van der Waals surface area contributed by atoms with Crippen molar-refractivity contribution in [3.05, 3.63) is 94.5 Å². The molecule has 5 heteroatoms. The molecule has 1 N–H and O–H groups in total. The van der Waals surface area contributed by atoms with Crippen LogP contribution in [0.1, 0.15) is 27.0 Å². The topological polar surface area (TPSA) is 46.9 Å². The van der Waals surface area contributed by atoms with Gasteiger partial charge in [-0.3, -0.25) is 9.48 Å². The van der Waals surface area contributed by atoms with Crippen LogP contribution in [0, 0.1) is 13.8 Å². The fourth-order valence-corrected chi connectivity index (χ4v) is 3.82. The van der Waals surface area contributed by atoms with E-state index in [4.69, 9.17) is 5.10 Å². The Morgan fingerprint density at radius 1 is 1.07 bits per heavy atom. The molecule has 140 valence electrons. The van der Waals surface area contributed by atoms with Crippen LogP contribution in [0.25, 0.3) is 10.6 Å². The van der Waals surface area contributed by atoms with E-state index < -0.39 is 0 Å². The molecule has 4 rings (SSSR count). The van der Waals surface area contributed by atoms with Crippen LogP contribution in [0.15, 0.2) is 72.2 Å². The molecule has 1 amide bonds. The minimum atomic E-state index is -0.142. The van der Waals surface area contributed by atoms with Crippen molar-refractivity contribution in [3.8, 4) is 10.6 Å². The quantitative estimate of drug-likeness (QED) is 0.489. The minimum Gasteiger partial charge on any atom is -0.322 e. The predicted molar refractivity (Wildman–Crippen MR) is 115 cm³/mol. The van der Waals surface area contributed by atoms with Gasteiger partial charge in [0, 0.05) is 11.9 Å². The van der Waals surface area contributed by atoms with Crippen molar-refractivity contribution < 1.29 is 4.79 Å². The number of nitrogens with zero attached hydrogens (tertiary/aromatic N) is 2. The molecule has 2 aromatic carbocycles. The van der Waals surface area contributed by atoms with Gasteiger partial charge in [-0.25, -0.2) is 0 Å². The number of benzene rings is 2. The van der Waals surface area contributed by atoms with Gasteiger partial charge < -0.3 is 5.32 Å². The van der Waals surface area contributed by atoms with E-state index in [-0.39, 0.29) is 5.91 Å². The Hall–Kier alpha value is -3.18. The summed E-state index contributed by atoms with van der Waals surface area (Å²) in [5.41, 5.74) is 5.42. The van der Waals surface area contributed by atoms with Gasteiger partial charge in [-0.15, -0.1) is 11.3 Å². The summed E-state index contributed by atoms with van der Waals surface area (Å²) < 4.78 is 1.84. The summed E-state index contributed by atoms with van der Waals surface area (Å²) in [6.07, 6.45) is 1.84. The lowest BCUT2D eigenvalue weighted by atomic mass is 10.1. The fourth-order valence-electron chi connectivity index (χ4n) is 3.09. The number of hydrogen-bond acceptors (Lipinski definition) is 3. The maximum absolute atomic E-state index is 13.1. The minimum absolute atomic E-state index is 0.142. The molecule has 0 bridgehead atoms. The van der Waals surface area contributed by atoms with Crippen LogP contribution in [0.2, 0.25) is 0 Å². The second-order valence-corrected chi connectivity index (χ2v) is 7.77. The number of aryl methyl sites for hydroxylation is 2. The SMILES string of the molecule is Cc1ccc(C)c(NC(=O)c2cn(Cc3ccccc3)nc2-c2cccs2)c1. The molecule has 0 radical (unpaired) electrons. The first kappa shape index (κ1) is 18.2. The van der Waals surface area contributed by atoms with Crippen LogP contribution in [0.3, 0.4) is 0 Å². The predicted octanol–water partition coefficient (Wildman–Crippen LogP) is 5.53. The Balaban J connectivity index is 1.68. The van der Waals surface area contributed by atoms with Crippen molar-refractivity contribution in [2.24, 2.45) is 0 Å². The van der Waals surface area contributed by atoms with Crippen LogP contribution < -0.4 is 5.32 Å². The van der Waals surface area contributed by atoms with Crippen molar-refractivity contribution in [1.82, 2.24) is 9.78 Å². The van der Waals surface area contributed by atoms with E-state index in [1.165, 1.54) is 0 Å². The number of nitrogens with one attached hydrogen (secondary N) is 1. The lowest BCUT2D eigenvalue weighted by molar-refractivity contribution is 0.102. The molecule has 28 heavy (non-hydrogen) atoms. The third-order valence-electron chi connectivity index (χ3n) is 4.59. The highest BCUT2D eigenvalue weighted by Crippen LogP contribution is 2.28. The number of carbonyl (C=O) groups excluding carboxylic acids is 1. The van der Waals surface area contributed by atoms with E-state index >= 15 is 0 Å². The normalized spacial score (nSPS) is 10.8. The van der Waals surface area contributed by atoms with Gasteiger partial charge in [0.05, 0.1) is 17.0 Å². The molecule has 0 aliphatic rings. The van der Waals surface area contributed by atoms with Gasteiger partial charge in [0.15, 0.2) is 0 Å². The third-order valence-corrected chi connectivity index (χ3v) is 5.47. The fraction of sp³-hybridized carbons (Fsp3) is 0.130. The van der Waals surface area contributed by atoms with Crippen molar-refractivity contribution >= 4 is 22.9 Å². The molecule has 0 fully saturated rings. The average Bonchev–Trinajstić information content (AvgIpc) is 3.35. The number of aromatic nitrogens is 2. The zero-order chi connectivity index (χ0) is 19.5. The first-order chi connectivity index (χ1) is 13.6. The highest BCUT2D eigenvalue weighted by molar-refractivity contribution is 7.13. The summed E-state index contributed by atoms with van der Waals surface area (Å²) in [7, 11) is 0. The smallest absolute Gasteiger partial charge is 0.259 e. The second kappa shape index (κ2) is 7.82. The van der Waals surface area contributed by atoms with Gasteiger partial charge in [0.1, 0.15) is 5.69 Å². The first-order valence-corrected chi connectivity index (χ1v) is 10.0.